The summed E-state index contributed by atoms with van der Waals surface area (Å²) in [6.07, 6.45) is 2.82. The normalized spacial score (nSPS) is 15.7. The summed E-state index contributed by atoms with van der Waals surface area (Å²) < 4.78 is 10.8. The minimum atomic E-state index is -0.362. The van der Waals surface area contributed by atoms with E-state index in [1.165, 1.54) is 16.2 Å². The smallest absolute Gasteiger partial charge is 0.341 e. The number of benzene rings is 1. The van der Waals surface area contributed by atoms with Crippen LogP contribution in [0.5, 0.6) is 5.75 Å². The monoisotopic (exact) mass is 387 g/mol. The Morgan fingerprint density at radius 2 is 2.00 bits per heavy atom. The molecule has 2 aromatic rings. The van der Waals surface area contributed by atoms with Gasteiger partial charge >= 0.3 is 5.97 Å². The number of nitrogens with one attached hydrogen (secondary N) is 1. The van der Waals surface area contributed by atoms with Gasteiger partial charge in [0.1, 0.15) is 10.8 Å². The molecule has 0 fully saturated rings. The number of carbonyl (C=O) groups excluding carboxylic acids is 2. The number of aryl methyl sites for hydroxylation is 1. The molecule has 3 rings (SSSR count). The molecule has 1 heterocycles. The molecule has 1 aliphatic carbocycles. The summed E-state index contributed by atoms with van der Waals surface area (Å²) in [6, 6.07) is 7.52. The fourth-order valence-electron chi connectivity index (χ4n) is 3.20. The molecule has 0 spiro atoms. The average Bonchev–Trinajstić information content (AvgIpc) is 2.98. The van der Waals surface area contributed by atoms with Crippen LogP contribution in [0, 0.1) is 12.8 Å². The summed E-state index contributed by atoms with van der Waals surface area (Å²) in [5, 5.41) is 3.43. The predicted octanol–water partition coefficient (Wildman–Crippen LogP) is 4.38. The lowest BCUT2D eigenvalue weighted by atomic mass is 9.88. The van der Waals surface area contributed by atoms with Crippen molar-refractivity contribution in [2.75, 3.05) is 18.5 Å². The van der Waals surface area contributed by atoms with E-state index in [4.69, 9.17) is 9.47 Å². The highest BCUT2D eigenvalue weighted by Gasteiger charge is 2.29. The van der Waals surface area contributed by atoms with E-state index in [0.29, 0.717) is 28.8 Å². The van der Waals surface area contributed by atoms with Crippen molar-refractivity contribution in [2.45, 2.75) is 40.0 Å². The second-order valence-electron chi connectivity index (χ2n) is 6.93. The van der Waals surface area contributed by atoms with Gasteiger partial charge in [-0.25, -0.2) is 4.79 Å². The number of hydrogen-bond donors (Lipinski definition) is 1. The van der Waals surface area contributed by atoms with Crippen LogP contribution >= 0.6 is 11.3 Å². The molecular weight excluding hydrogens is 362 g/mol. The van der Waals surface area contributed by atoms with Gasteiger partial charge in [-0.05, 0) is 56.7 Å². The summed E-state index contributed by atoms with van der Waals surface area (Å²) >= 11 is 1.48. The van der Waals surface area contributed by atoms with E-state index in [1.807, 2.05) is 31.2 Å². The number of rotatable bonds is 6. The number of fused-ring (bicyclic) bond motifs is 1. The molecule has 1 aliphatic rings. The van der Waals surface area contributed by atoms with Crippen LogP contribution in [0.3, 0.4) is 0 Å². The number of ether oxygens (including phenoxy) is 2. The van der Waals surface area contributed by atoms with Crippen LogP contribution in [0.1, 0.15) is 46.6 Å². The number of amides is 1. The van der Waals surface area contributed by atoms with Crippen molar-refractivity contribution in [3.8, 4) is 5.75 Å². The standard InChI is InChI=1S/C21H25NO4S/c1-4-25-21(24)19-16-10-7-14(3)11-17(16)27-20(19)22-18(23)12-26-15-8-5-13(2)6-9-15/h5-6,8-9,14H,4,7,10-12H2,1-3H3,(H,22,23)/t14-/m0/s1. The van der Waals surface area contributed by atoms with Gasteiger partial charge in [0.25, 0.3) is 5.91 Å². The SMILES string of the molecule is CCOC(=O)c1c(NC(=O)COc2ccc(C)cc2)sc2c1CC[C@H](C)C2. The van der Waals surface area contributed by atoms with Crippen LogP contribution in [0.15, 0.2) is 24.3 Å². The van der Waals surface area contributed by atoms with E-state index < -0.39 is 0 Å². The van der Waals surface area contributed by atoms with Crippen molar-refractivity contribution in [1.82, 2.24) is 0 Å². The van der Waals surface area contributed by atoms with Crippen molar-refractivity contribution in [1.29, 1.82) is 0 Å². The van der Waals surface area contributed by atoms with Crippen molar-refractivity contribution in [3.05, 3.63) is 45.8 Å². The predicted molar refractivity (Wildman–Crippen MR) is 107 cm³/mol. The van der Waals surface area contributed by atoms with Crippen molar-refractivity contribution in [3.63, 3.8) is 0 Å². The van der Waals surface area contributed by atoms with Gasteiger partial charge in [0.05, 0.1) is 12.2 Å². The largest absolute Gasteiger partial charge is 0.484 e. The third-order valence-corrected chi connectivity index (χ3v) is 5.80. The van der Waals surface area contributed by atoms with Crippen molar-refractivity contribution < 1.29 is 19.1 Å². The quantitative estimate of drug-likeness (QED) is 0.747. The van der Waals surface area contributed by atoms with Crippen molar-refractivity contribution in [2.24, 2.45) is 5.92 Å². The Morgan fingerprint density at radius 3 is 2.70 bits per heavy atom. The molecule has 1 aromatic heterocycles. The van der Waals surface area contributed by atoms with Gasteiger partial charge in [0.2, 0.25) is 0 Å². The first-order valence-corrected chi connectivity index (χ1v) is 10.1. The van der Waals surface area contributed by atoms with Gasteiger partial charge in [0.15, 0.2) is 6.61 Å². The third-order valence-electron chi connectivity index (χ3n) is 4.64. The van der Waals surface area contributed by atoms with Gasteiger partial charge in [-0.2, -0.15) is 0 Å². The highest BCUT2D eigenvalue weighted by Crippen LogP contribution is 2.40. The van der Waals surface area contributed by atoms with E-state index in [1.54, 1.807) is 6.92 Å². The van der Waals surface area contributed by atoms with Crippen LogP contribution in [0.25, 0.3) is 0 Å². The molecule has 0 saturated heterocycles. The third kappa shape index (κ3) is 4.69. The molecule has 1 aromatic carbocycles. The zero-order valence-corrected chi connectivity index (χ0v) is 16.8. The summed E-state index contributed by atoms with van der Waals surface area (Å²) in [5.74, 6) is 0.576. The van der Waals surface area contributed by atoms with E-state index >= 15 is 0 Å². The highest BCUT2D eigenvalue weighted by atomic mass is 32.1. The second-order valence-corrected chi connectivity index (χ2v) is 8.03. The Kier molecular flexibility index (Phi) is 6.16. The molecule has 5 nitrogen and oxygen atoms in total. The number of esters is 1. The number of thiophene rings is 1. The lowest BCUT2D eigenvalue weighted by Crippen LogP contribution is -2.21. The van der Waals surface area contributed by atoms with E-state index in [9.17, 15) is 9.59 Å². The van der Waals surface area contributed by atoms with E-state index in [2.05, 4.69) is 12.2 Å². The first kappa shape index (κ1) is 19.4. The highest BCUT2D eigenvalue weighted by molar-refractivity contribution is 7.17. The van der Waals surface area contributed by atoms with Crippen LogP contribution < -0.4 is 10.1 Å². The molecule has 27 heavy (non-hydrogen) atoms. The molecular formula is C21H25NO4S. The fraction of sp³-hybridized carbons (Fsp3) is 0.429. The Morgan fingerprint density at radius 1 is 1.26 bits per heavy atom. The molecule has 144 valence electrons. The Bertz CT molecular complexity index is 825. The Labute approximate surface area is 163 Å². The maximum absolute atomic E-state index is 12.5. The van der Waals surface area contributed by atoms with Crippen LogP contribution in [-0.4, -0.2) is 25.1 Å². The fourth-order valence-corrected chi connectivity index (χ4v) is 4.62. The Hall–Kier alpha value is -2.34. The van der Waals surface area contributed by atoms with Crippen LogP contribution in [-0.2, 0) is 22.4 Å². The second kappa shape index (κ2) is 8.57. The molecule has 6 heteroatoms. The van der Waals surface area contributed by atoms with Gasteiger partial charge in [-0.1, -0.05) is 24.6 Å². The first-order valence-electron chi connectivity index (χ1n) is 9.29. The minimum absolute atomic E-state index is 0.107. The molecule has 1 amide bonds. The van der Waals surface area contributed by atoms with Gasteiger partial charge in [0, 0.05) is 4.88 Å². The minimum Gasteiger partial charge on any atom is -0.484 e. The topological polar surface area (TPSA) is 64.6 Å². The molecule has 0 unspecified atom stereocenters. The molecule has 0 radical (unpaired) electrons. The van der Waals surface area contributed by atoms with E-state index in [-0.39, 0.29) is 18.5 Å². The summed E-state index contributed by atoms with van der Waals surface area (Å²) in [4.78, 5) is 26.0. The zero-order chi connectivity index (χ0) is 19.4. The maximum atomic E-state index is 12.5. The molecule has 1 atom stereocenters. The zero-order valence-electron chi connectivity index (χ0n) is 16.0. The van der Waals surface area contributed by atoms with Gasteiger partial charge in [-0.15, -0.1) is 11.3 Å². The number of carbonyl (C=O) groups is 2. The average molecular weight is 388 g/mol. The first-order chi connectivity index (χ1) is 13.0. The van der Waals surface area contributed by atoms with Gasteiger partial charge < -0.3 is 14.8 Å². The van der Waals surface area contributed by atoms with Crippen LogP contribution in [0.4, 0.5) is 5.00 Å². The lowest BCUT2D eigenvalue weighted by molar-refractivity contribution is -0.118. The summed E-state index contributed by atoms with van der Waals surface area (Å²) in [7, 11) is 0. The van der Waals surface area contributed by atoms with E-state index in [0.717, 1.165) is 30.4 Å². The molecule has 0 saturated carbocycles. The van der Waals surface area contributed by atoms with Gasteiger partial charge in [-0.3, -0.25) is 4.79 Å². The van der Waals surface area contributed by atoms with Crippen LogP contribution in [0.2, 0.25) is 0 Å². The van der Waals surface area contributed by atoms with Crippen molar-refractivity contribution >= 4 is 28.2 Å². The Balaban J connectivity index is 1.73. The molecule has 1 N–H and O–H groups in total. The number of hydrogen-bond acceptors (Lipinski definition) is 5. The maximum Gasteiger partial charge on any atom is 0.341 e. The summed E-state index contributed by atoms with van der Waals surface area (Å²) in [6.45, 7) is 6.19. The summed E-state index contributed by atoms with van der Waals surface area (Å²) in [5.41, 5.74) is 2.68. The molecule has 0 bridgehead atoms. The number of anilines is 1. The molecule has 0 aliphatic heterocycles. The lowest BCUT2D eigenvalue weighted by Gasteiger charge is -2.18.